The summed E-state index contributed by atoms with van der Waals surface area (Å²) < 4.78 is 0. The molecule has 2 N–H and O–H groups in total. The van der Waals surface area contributed by atoms with Crippen molar-refractivity contribution >= 4 is 0 Å². The van der Waals surface area contributed by atoms with E-state index in [1.807, 2.05) is 0 Å². The van der Waals surface area contributed by atoms with Gasteiger partial charge in [-0.2, -0.15) is 0 Å². The van der Waals surface area contributed by atoms with Crippen molar-refractivity contribution in [3.8, 4) is 0 Å². The first-order valence-corrected chi connectivity index (χ1v) is 6.11. The molecule has 1 fully saturated rings. The Morgan fingerprint density at radius 2 is 2.00 bits per heavy atom. The molecule has 0 radical (unpaired) electrons. The molecule has 0 aromatic carbocycles. The molecule has 0 spiro atoms. The minimum Gasteiger partial charge on any atom is -0.396 e. The van der Waals surface area contributed by atoms with Crippen LogP contribution in [0.25, 0.3) is 0 Å². The molecule has 0 saturated heterocycles. The van der Waals surface area contributed by atoms with Crippen LogP contribution in [0.1, 0.15) is 39.5 Å². The average molecular weight is 215 g/mol. The van der Waals surface area contributed by atoms with Crippen LogP contribution in [0.15, 0.2) is 0 Å². The van der Waals surface area contributed by atoms with Crippen LogP contribution in [0.5, 0.6) is 0 Å². The Kier molecular flexibility index (Phi) is 5.03. The molecule has 1 unspecified atom stereocenters. The fourth-order valence-corrected chi connectivity index (χ4v) is 2.03. The standard InChI is InChI=1S/C12H25NO2/c1-3-12(2,10-15)9-13(7-8-14)11-5-4-6-11/h11,14-15H,3-10H2,1-2H3. The van der Waals surface area contributed by atoms with Crippen molar-refractivity contribution in [1.82, 2.24) is 4.90 Å². The Labute approximate surface area is 93.1 Å². The molecule has 0 aliphatic heterocycles. The van der Waals surface area contributed by atoms with Gasteiger partial charge in [0, 0.05) is 31.2 Å². The van der Waals surface area contributed by atoms with Crippen LogP contribution in [-0.2, 0) is 0 Å². The lowest BCUT2D eigenvalue weighted by Crippen LogP contribution is -2.47. The maximum absolute atomic E-state index is 9.39. The van der Waals surface area contributed by atoms with Gasteiger partial charge in [-0.05, 0) is 19.3 Å². The first-order chi connectivity index (χ1) is 7.15. The molecule has 15 heavy (non-hydrogen) atoms. The molecule has 0 aromatic heterocycles. The van der Waals surface area contributed by atoms with Crippen molar-refractivity contribution in [3.05, 3.63) is 0 Å². The van der Waals surface area contributed by atoms with E-state index in [4.69, 9.17) is 5.11 Å². The zero-order valence-electron chi connectivity index (χ0n) is 10.1. The van der Waals surface area contributed by atoms with Crippen LogP contribution < -0.4 is 0 Å². The Bertz CT molecular complexity index is 176. The van der Waals surface area contributed by atoms with E-state index < -0.39 is 0 Å². The minimum absolute atomic E-state index is 0.00917. The van der Waals surface area contributed by atoms with Gasteiger partial charge in [0.15, 0.2) is 0 Å². The lowest BCUT2D eigenvalue weighted by molar-refractivity contribution is 0.0299. The molecule has 0 heterocycles. The van der Waals surface area contributed by atoms with E-state index >= 15 is 0 Å². The van der Waals surface area contributed by atoms with E-state index in [0.717, 1.165) is 19.5 Å². The summed E-state index contributed by atoms with van der Waals surface area (Å²) in [5.41, 5.74) is -0.00917. The summed E-state index contributed by atoms with van der Waals surface area (Å²) >= 11 is 0. The maximum Gasteiger partial charge on any atom is 0.0558 e. The van der Waals surface area contributed by atoms with E-state index in [9.17, 15) is 5.11 Å². The summed E-state index contributed by atoms with van der Waals surface area (Å²) in [6, 6.07) is 0.648. The first kappa shape index (κ1) is 12.9. The fourth-order valence-electron chi connectivity index (χ4n) is 2.03. The Balaban J connectivity index is 2.48. The highest BCUT2D eigenvalue weighted by Crippen LogP contribution is 2.29. The molecule has 1 aliphatic rings. The summed E-state index contributed by atoms with van der Waals surface area (Å²) in [6.45, 7) is 6.36. The monoisotopic (exact) mass is 215 g/mol. The third kappa shape index (κ3) is 3.44. The van der Waals surface area contributed by atoms with Crippen LogP contribution in [0.4, 0.5) is 0 Å². The summed E-state index contributed by atoms with van der Waals surface area (Å²) in [5.74, 6) is 0. The average Bonchev–Trinajstić information content (AvgIpc) is 2.15. The van der Waals surface area contributed by atoms with Crippen LogP contribution in [0, 0.1) is 5.41 Å². The SMILES string of the molecule is CCC(C)(CO)CN(CCO)C1CCC1. The van der Waals surface area contributed by atoms with E-state index in [1.54, 1.807) is 0 Å². The van der Waals surface area contributed by atoms with Gasteiger partial charge >= 0.3 is 0 Å². The molecule has 1 aliphatic carbocycles. The zero-order chi connectivity index (χ0) is 11.3. The molecule has 90 valence electrons. The molecule has 3 heteroatoms. The van der Waals surface area contributed by atoms with E-state index in [1.165, 1.54) is 19.3 Å². The van der Waals surface area contributed by atoms with Gasteiger partial charge in [-0.3, -0.25) is 4.90 Å². The van der Waals surface area contributed by atoms with Crippen molar-refractivity contribution in [2.45, 2.75) is 45.6 Å². The second-order valence-corrected chi connectivity index (χ2v) is 5.10. The third-order valence-electron chi connectivity index (χ3n) is 3.80. The van der Waals surface area contributed by atoms with Crippen molar-refractivity contribution < 1.29 is 10.2 Å². The molecule has 3 nitrogen and oxygen atoms in total. The quantitative estimate of drug-likeness (QED) is 0.671. The predicted octanol–water partition coefficient (Wildman–Crippen LogP) is 1.24. The highest BCUT2D eigenvalue weighted by Gasteiger charge is 2.30. The van der Waals surface area contributed by atoms with Crippen molar-refractivity contribution in [1.29, 1.82) is 0 Å². The van der Waals surface area contributed by atoms with Crippen molar-refractivity contribution in [2.24, 2.45) is 5.41 Å². The van der Waals surface area contributed by atoms with Crippen LogP contribution in [0.2, 0.25) is 0 Å². The Morgan fingerprint density at radius 3 is 2.33 bits per heavy atom. The number of aliphatic hydroxyl groups excluding tert-OH is 2. The van der Waals surface area contributed by atoms with Gasteiger partial charge in [-0.15, -0.1) is 0 Å². The summed E-state index contributed by atoms with van der Waals surface area (Å²) in [4.78, 5) is 2.35. The van der Waals surface area contributed by atoms with Crippen molar-refractivity contribution in [3.63, 3.8) is 0 Å². The second-order valence-electron chi connectivity index (χ2n) is 5.10. The fraction of sp³-hybridized carbons (Fsp3) is 1.00. The van der Waals surface area contributed by atoms with Gasteiger partial charge in [0.1, 0.15) is 0 Å². The summed E-state index contributed by atoms with van der Waals surface area (Å²) in [6.07, 6.45) is 4.81. The number of aliphatic hydroxyl groups is 2. The van der Waals surface area contributed by atoms with Gasteiger partial charge in [-0.1, -0.05) is 20.3 Å². The first-order valence-electron chi connectivity index (χ1n) is 6.11. The molecular weight excluding hydrogens is 190 g/mol. The maximum atomic E-state index is 9.39. The molecule has 0 amide bonds. The van der Waals surface area contributed by atoms with Gasteiger partial charge in [0.2, 0.25) is 0 Å². The summed E-state index contributed by atoms with van der Waals surface area (Å²) in [5, 5.41) is 18.4. The third-order valence-corrected chi connectivity index (χ3v) is 3.80. The largest absolute Gasteiger partial charge is 0.396 e. The molecule has 0 bridgehead atoms. The summed E-state index contributed by atoms with van der Waals surface area (Å²) in [7, 11) is 0. The highest BCUT2D eigenvalue weighted by atomic mass is 16.3. The van der Waals surface area contributed by atoms with Gasteiger partial charge < -0.3 is 10.2 Å². The topological polar surface area (TPSA) is 43.7 Å². The normalized spacial score (nSPS) is 21.4. The smallest absolute Gasteiger partial charge is 0.0558 e. The number of hydrogen-bond donors (Lipinski definition) is 2. The Morgan fingerprint density at radius 1 is 1.33 bits per heavy atom. The van der Waals surface area contributed by atoms with Gasteiger partial charge in [-0.25, -0.2) is 0 Å². The number of nitrogens with zero attached hydrogens (tertiary/aromatic N) is 1. The van der Waals surface area contributed by atoms with E-state index in [-0.39, 0.29) is 18.6 Å². The highest BCUT2D eigenvalue weighted by molar-refractivity contribution is 4.85. The van der Waals surface area contributed by atoms with E-state index in [0.29, 0.717) is 6.04 Å². The lowest BCUT2D eigenvalue weighted by atomic mass is 9.84. The molecule has 1 saturated carbocycles. The lowest BCUT2D eigenvalue weighted by Gasteiger charge is -2.42. The number of hydrogen-bond acceptors (Lipinski definition) is 3. The van der Waals surface area contributed by atoms with Gasteiger partial charge in [0.25, 0.3) is 0 Å². The number of rotatable bonds is 7. The molecular formula is C12H25NO2. The van der Waals surface area contributed by atoms with Crippen molar-refractivity contribution in [2.75, 3.05) is 26.3 Å². The second kappa shape index (κ2) is 5.83. The Hall–Kier alpha value is -0.120. The molecule has 1 atom stereocenters. The zero-order valence-corrected chi connectivity index (χ0v) is 10.1. The predicted molar refractivity (Wildman–Crippen MR) is 61.8 cm³/mol. The van der Waals surface area contributed by atoms with Crippen LogP contribution >= 0.6 is 0 Å². The van der Waals surface area contributed by atoms with Crippen LogP contribution in [-0.4, -0.2) is 47.5 Å². The molecule has 1 rings (SSSR count). The van der Waals surface area contributed by atoms with Crippen LogP contribution in [0.3, 0.4) is 0 Å². The van der Waals surface area contributed by atoms with Gasteiger partial charge in [0.05, 0.1) is 6.61 Å². The minimum atomic E-state index is -0.00917. The van der Waals surface area contributed by atoms with E-state index in [2.05, 4.69) is 18.7 Å². The molecule has 0 aromatic rings.